The van der Waals surface area contributed by atoms with Gasteiger partial charge in [-0.2, -0.15) is 0 Å². The molecule has 1 amide bonds. The molecule has 20 heavy (non-hydrogen) atoms. The van der Waals surface area contributed by atoms with Gasteiger partial charge < -0.3 is 15.5 Å². The number of nitrogens with zero attached hydrogens (tertiary/aromatic N) is 2. The fraction of sp³-hybridized carbons (Fsp3) is 0.600. The van der Waals surface area contributed by atoms with Crippen LogP contribution in [0.3, 0.4) is 0 Å². The number of likely N-dealkylation sites (tertiary alicyclic amines) is 1. The van der Waals surface area contributed by atoms with Crippen molar-refractivity contribution in [3.8, 4) is 0 Å². The Morgan fingerprint density at radius 3 is 2.70 bits per heavy atom. The van der Waals surface area contributed by atoms with Gasteiger partial charge in [-0.1, -0.05) is 6.42 Å². The Kier molecular flexibility index (Phi) is 5.35. The number of pyridine rings is 1. The van der Waals surface area contributed by atoms with E-state index in [0.29, 0.717) is 5.56 Å². The zero-order chi connectivity index (χ0) is 14.4. The van der Waals surface area contributed by atoms with Gasteiger partial charge in [0.05, 0.1) is 5.56 Å². The molecule has 0 radical (unpaired) electrons. The van der Waals surface area contributed by atoms with Crippen LogP contribution in [0.5, 0.6) is 0 Å². The third-order valence-corrected chi connectivity index (χ3v) is 3.64. The first-order valence-electron chi connectivity index (χ1n) is 7.36. The second kappa shape index (κ2) is 7.24. The van der Waals surface area contributed by atoms with E-state index in [9.17, 15) is 4.79 Å². The maximum absolute atomic E-state index is 12.1. The zero-order valence-corrected chi connectivity index (χ0v) is 12.4. The van der Waals surface area contributed by atoms with E-state index in [1.165, 1.54) is 19.3 Å². The summed E-state index contributed by atoms with van der Waals surface area (Å²) in [6, 6.07) is 3.76. The molecule has 5 heteroatoms. The summed E-state index contributed by atoms with van der Waals surface area (Å²) in [5.74, 6) is 0.715. The summed E-state index contributed by atoms with van der Waals surface area (Å²) >= 11 is 0. The quantitative estimate of drug-likeness (QED) is 0.860. The lowest BCUT2D eigenvalue weighted by atomic mass is 10.1. The van der Waals surface area contributed by atoms with Crippen LogP contribution in [0.25, 0.3) is 0 Å². The number of nitrogens with one attached hydrogen (secondary N) is 2. The van der Waals surface area contributed by atoms with Crippen molar-refractivity contribution in [1.29, 1.82) is 0 Å². The number of anilines is 1. The number of hydrogen-bond donors (Lipinski definition) is 2. The predicted octanol–water partition coefficient (Wildman–Crippen LogP) is 1.73. The minimum absolute atomic E-state index is 0.0512. The molecule has 0 aromatic carbocycles. The number of rotatable bonds is 5. The average molecular weight is 276 g/mol. The van der Waals surface area contributed by atoms with Crippen molar-refractivity contribution in [3.05, 3.63) is 23.9 Å². The van der Waals surface area contributed by atoms with E-state index in [1.807, 2.05) is 13.1 Å². The third-order valence-electron chi connectivity index (χ3n) is 3.64. The van der Waals surface area contributed by atoms with Gasteiger partial charge in [-0.25, -0.2) is 4.98 Å². The van der Waals surface area contributed by atoms with Crippen molar-refractivity contribution in [2.24, 2.45) is 0 Å². The van der Waals surface area contributed by atoms with Gasteiger partial charge in [0.2, 0.25) is 0 Å². The Labute approximate surface area is 120 Å². The van der Waals surface area contributed by atoms with Gasteiger partial charge in [0, 0.05) is 25.8 Å². The van der Waals surface area contributed by atoms with E-state index in [4.69, 9.17) is 0 Å². The van der Waals surface area contributed by atoms with Gasteiger partial charge in [-0.05, 0) is 45.0 Å². The van der Waals surface area contributed by atoms with Gasteiger partial charge >= 0.3 is 0 Å². The van der Waals surface area contributed by atoms with Crippen molar-refractivity contribution >= 4 is 11.7 Å². The van der Waals surface area contributed by atoms with Crippen LogP contribution in [0, 0.1) is 0 Å². The van der Waals surface area contributed by atoms with E-state index in [-0.39, 0.29) is 11.9 Å². The number of carbonyl (C=O) groups excluding carboxylic acids is 1. The molecule has 1 unspecified atom stereocenters. The molecule has 0 aliphatic carbocycles. The zero-order valence-electron chi connectivity index (χ0n) is 12.4. The normalized spacial score (nSPS) is 17.5. The summed E-state index contributed by atoms with van der Waals surface area (Å²) in [5, 5.41) is 5.98. The highest BCUT2D eigenvalue weighted by Crippen LogP contribution is 2.09. The number of hydrogen-bond acceptors (Lipinski definition) is 4. The molecular weight excluding hydrogens is 252 g/mol. The average Bonchev–Trinajstić information content (AvgIpc) is 2.48. The molecule has 0 bridgehead atoms. The molecular formula is C15H24N4O. The van der Waals surface area contributed by atoms with Crippen LogP contribution in [0.15, 0.2) is 18.3 Å². The first kappa shape index (κ1) is 14.8. The molecule has 0 spiro atoms. The van der Waals surface area contributed by atoms with E-state index >= 15 is 0 Å². The monoisotopic (exact) mass is 276 g/mol. The van der Waals surface area contributed by atoms with Gasteiger partial charge in [-0.15, -0.1) is 0 Å². The summed E-state index contributed by atoms with van der Waals surface area (Å²) in [4.78, 5) is 18.7. The summed E-state index contributed by atoms with van der Waals surface area (Å²) in [6.07, 6.45) is 5.49. The Morgan fingerprint density at radius 1 is 1.35 bits per heavy atom. The number of aromatic nitrogens is 1. The molecule has 110 valence electrons. The van der Waals surface area contributed by atoms with Crippen molar-refractivity contribution in [1.82, 2.24) is 15.2 Å². The number of piperidine rings is 1. The van der Waals surface area contributed by atoms with Gasteiger partial charge in [0.25, 0.3) is 5.91 Å². The van der Waals surface area contributed by atoms with Crippen LogP contribution in [0.4, 0.5) is 5.82 Å². The topological polar surface area (TPSA) is 57.3 Å². The lowest BCUT2D eigenvalue weighted by Gasteiger charge is -2.29. The maximum atomic E-state index is 12.1. The SMILES string of the molecule is CNc1ccc(C(=O)NC(C)CN2CCCCC2)cn1. The van der Waals surface area contributed by atoms with Crippen LogP contribution in [-0.4, -0.2) is 48.5 Å². The number of amides is 1. The lowest BCUT2D eigenvalue weighted by molar-refractivity contribution is 0.0925. The Hall–Kier alpha value is -1.62. The second-order valence-corrected chi connectivity index (χ2v) is 5.42. The fourth-order valence-corrected chi connectivity index (χ4v) is 2.56. The van der Waals surface area contributed by atoms with Gasteiger partial charge in [0.15, 0.2) is 0 Å². The summed E-state index contributed by atoms with van der Waals surface area (Å²) in [6.45, 7) is 5.28. The molecule has 5 nitrogen and oxygen atoms in total. The smallest absolute Gasteiger partial charge is 0.253 e. The highest BCUT2D eigenvalue weighted by Gasteiger charge is 2.15. The molecule has 1 aliphatic rings. The summed E-state index contributed by atoms with van der Waals surface area (Å²) in [5.41, 5.74) is 0.606. The first-order valence-corrected chi connectivity index (χ1v) is 7.36. The maximum Gasteiger partial charge on any atom is 0.253 e. The third kappa shape index (κ3) is 4.20. The van der Waals surface area contributed by atoms with Crippen LogP contribution < -0.4 is 10.6 Å². The van der Waals surface area contributed by atoms with Crippen LogP contribution in [0.1, 0.15) is 36.5 Å². The van der Waals surface area contributed by atoms with Crippen molar-refractivity contribution < 1.29 is 4.79 Å². The van der Waals surface area contributed by atoms with E-state index < -0.39 is 0 Å². The Morgan fingerprint density at radius 2 is 2.10 bits per heavy atom. The highest BCUT2D eigenvalue weighted by atomic mass is 16.1. The Bertz CT molecular complexity index is 426. The highest BCUT2D eigenvalue weighted by molar-refractivity contribution is 5.94. The Balaban J connectivity index is 1.82. The summed E-state index contributed by atoms with van der Waals surface area (Å²) < 4.78 is 0. The first-order chi connectivity index (χ1) is 9.69. The predicted molar refractivity (Wildman–Crippen MR) is 81.0 cm³/mol. The molecule has 2 heterocycles. The number of carbonyl (C=O) groups is 1. The van der Waals surface area contributed by atoms with Crippen LogP contribution in [0.2, 0.25) is 0 Å². The van der Waals surface area contributed by atoms with Crippen LogP contribution in [-0.2, 0) is 0 Å². The molecule has 1 fully saturated rings. The van der Waals surface area contributed by atoms with Crippen molar-refractivity contribution in [2.45, 2.75) is 32.2 Å². The molecule has 1 aromatic rings. The van der Waals surface area contributed by atoms with Gasteiger partial charge in [-0.3, -0.25) is 4.79 Å². The van der Waals surface area contributed by atoms with E-state index in [0.717, 1.165) is 25.5 Å². The second-order valence-electron chi connectivity index (χ2n) is 5.42. The molecule has 2 N–H and O–H groups in total. The molecule has 0 saturated carbocycles. The minimum atomic E-state index is -0.0512. The van der Waals surface area contributed by atoms with Gasteiger partial charge in [0.1, 0.15) is 5.82 Å². The fourth-order valence-electron chi connectivity index (χ4n) is 2.56. The minimum Gasteiger partial charge on any atom is -0.373 e. The van der Waals surface area contributed by atoms with Crippen molar-refractivity contribution in [2.75, 3.05) is 32.0 Å². The molecule has 1 atom stereocenters. The molecule has 2 rings (SSSR count). The largest absolute Gasteiger partial charge is 0.373 e. The molecule has 1 saturated heterocycles. The molecule has 1 aromatic heterocycles. The lowest BCUT2D eigenvalue weighted by Crippen LogP contribution is -2.43. The summed E-state index contributed by atoms with van der Waals surface area (Å²) in [7, 11) is 1.81. The molecule has 1 aliphatic heterocycles. The van der Waals surface area contributed by atoms with E-state index in [2.05, 4.69) is 27.4 Å². The van der Waals surface area contributed by atoms with Crippen molar-refractivity contribution in [3.63, 3.8) is 0 Å². The standard InChI is InChI=1S/C15H24N4O/c1-12(11-19-8-4-3-5-9-19)18-15(20)13-6-7-14(16-2)17-10-13/h6-7,10,12H,3-5,8-9,11H2,1-2H3,(H,16,17)(H,18,20). The van der Waals surface area contributed by atoms with E-state index in [1.54, 1.807) is 12.3 Å². The van der Waals surface area contributed by atoms with Crippen LogP contribution >= 0.6 is 0 Å².